The molecular formula is C15H22N4S. The number of hydrogen-bond acceptors (Lipinski definition) is 5. The van der Waals surface area contributed by atoms with Crippen LogP contribution in [0.1, 0.15) is 11.1 Å². The number of aryl methyl sites for hydroxylation is 2. The van der Waals surface area contributed by atoms with Crippen LogP contribution in [0.5, 0.6) is 0 Å². The molecule has 3 rings (SSSR count). The summed E-state index contributed by atoms with van der Waals surface area (Å²) < 4.78 is 1.33. The number of aromatic nitrogens is 1. The first-order chi connectivity index (χ1) is 9.67. The molecule has 1 aliphatic rings. The van der Waals surface area contributed by atoms with Gasteiger partial charge in [0.15, 0.2) is 5.13 Å². The average Bonchev–Trinajstić information content (AvgIpc) is 2.84. The van der Waals surface area contributed by atoms with E-state index in [-0.39, 0.29) is 0 Å². The summed E-state index contributed by atoms with van der Waals surface area (Å²) >= 11 is 1.83. The van der Waals surface area contributed by atoms with Gasteiger partial charge in [-0.05, 0) is 31.0 Å². The van der Waals surface area contributed by atoms with E-state index in [0.29, 0.717) is 0 Å². The summed E-state index contributed by atoms with van der Waals surface area (Å²) in [4.78, 5) is 9.67. The highest BCUT2D eigenvalue weighted by Gasteiger charge is 2.19. The molecule has 108 valence electrons. The number of fused-ring (bicyclic) bond motifs is 1. The molecule has 2 aromatic rings. The second-order valence-electron chi connectivity index (χ2n) is 5.54. The molecule has 0 bridgehead atoms. The lowest BCUT2D eigenvalue weighted by molar-refractivity contribution is 0.265. The number of nitrogens with zero attached hydrogens (tertiary/aromatic N) is 3. The highest BCUT2D eigenvalue weighted by atomic mass is 32.1. The number of anilines is 1. The van der Waals surface area contributed by atoms with Crippen LogP contribution < -0.4 is 10.6 Å². The summed E-state index contributed by atoms with van der Waals surface area (Å²) in [5.74, 6) is 0. The van der Waals surface area contributed by atoms with Crippen molar-refractivity contribution >= 4 is 26.7 Å². The second kappa shape index (κ2) is 5.68. The summed E-state index contributed by atoms with van der Waals surface area (Å²) in [5, 5.41) is 1.17. The van der Waals surface area contributed by atoms with Crippen LogP contribution in [0.15, 0.2) is 12.1 Å². The Morgan fingerprint density at radius 3 is 2.65 bits per heavy atom. The van der Waals surface area contributed by atoms with Crippen molar-refractivity contribution in [2.24, 2.45) is 5.73 Å². The lowest BCUT2D eigenvalue weighted by atomic mass is 10.1. The third kappa shape index (κ3) is 2.66. The molecule has 20 heavy (non-hydrogen) atoms. The number of thiazole rings is 1. The van der Waals surface area contributed by atoms with E-state index in [1.54, 1.807) is 0 Å². The van der Waals surface area contributed by atoms with Crippen molar-refractivity contribution in [1.29, 1.82) is 0 Å². The first-order valence-corrected chi connectivity index (χ1v) is 8.04. The summed E-state index contributed by atoms with van der Waals surface area (Å²) in [6.45, 7) is 10.4. The highest BCUT2D eigenvalue weighted by Crippen LogP contribution is 2.32. The smallest absolute Gasteiger partial charge is 0.186 e. The van der Waals surface area contributed by atoms with Crippen molar-refractivity contribution in [3.05, 3.63) is 23.3 Å². The van der Waals surface area contributed by atoms with Crippen LogP contribution in [0.4, 0.5) is 5.13 Å². The Balaban J connectivity index is 1.80. The van der Waals surface area contributed by atoms with Gasteiger partial charge in [-0.15, -0.1) is 0 Å². The minimum Gasteiger partial charge on any atom is -0.345 e. The zero-order chi connectivity index (χ0) is 14.1. The minimum atomic E-state index is 0.750. The number of hydrogen-bond donors (Lipinski definition) is 1. The molecule has 0 unspecified atom stereocenters. The van der Waals surface area contributed by atoms with Crippen LogP contribution in [0, 0.1) is 13.8 Å². The van der Waals surface area contributed by atoms with E-state index >= 15 is 0 Å². The highest BCUT2D eigenvalue weighted by molar-refractivity contribution is 7.22. The largest absolute Gasteiger partial charge is 0.345 e. The lowest BCUT2D eigenvalue weighted by Crippen LogP contribution is -2.47. The van der Waals surface area contributed by atoms with Crippen molar-refractivity contribution in [2.45, 2.75) is 13.8 Å². The zero-order valence-corrected chi connectivity index (χ0v) is 13.0. The van der Waals surface area contributed by atoms with Crippen LogP contribution in [-0.4, -0.2) is 49.2 Å². The van der Waals surface area contributed by atoms with E-state index in [9.17, 15) is 0 Å². The fraction of sp³-hybridized carbons (Fsp3) is 0.533. The van der Waals surface area contributed by atoms with Crippen molar-refractivity contribution < 1.29 is 0 Å². The molecule has 2 heterocycles. The molecule has 1 aliphatic heterocycles. The van der Waals surface area contributed by atoms with Gasteiger partial charge in [0.05, 0.1) is 10.2 Å². The minimum absolute atomic E-state index is 0.750. The Bertz CT molecular complexity index is 599. The van der Waals surface area contributed by atoms with Gasteiger partial charge in [-0.1, -0.05) is 17.4 Å². The van der Waals surface area contributed by atoms with Crippen molar-refractivity contribution in [3.63, 3.8) is 0 Å². The van der Waals surface area contributed by atoms with E-state index < -0.39 is 0 Å². The number of rotatable bonds is 3. The van der Waals surface area contributed by atoms with Crippen LogP contribution in [0.3, 0.4) is 0 Å². The van der Waals surface area contributed by atoms with Gasteiger partial charge >= 0.3 is 0 Å². The van der Waals surface area contributed by atoms with Gasteiger partial charge in [0.1, 0.15) is 0 Å². The molecule has 0 radical (unpaired) electrons. The summed E-state index contributed by atoms with van der Waals surface area (Å²) in [6, 6.07) is 4.43. The number of piperazine rings is 1. The summed E-state index contributed by atoms with van der Waals surface area (Å²) in [5.41, 5.74) is 9.40. The Kier molecular flexibility index (Phi) is 3.92. The average molecular weight is 290 g/mol. The maximum absolute atomic E-state index is 5.62. The molecule has 1 fully saturated rings. The third-order valence-corrected chi connectivity index (χ3v) is 5.16. The second-order valence-corrected chi connectivity index (χ2v) is 6.52. The van der Waals surface area contributed by atoms with E-state index in [1.807, 2.05) is 11.3 Å². The fourth-order valence-electron chi connectivity index (χ4n) is 2.85. The Hall–Kier alpha value is -1.17. The van der Waals surface area contributed by atoms with Gasteiger partial charge in [0.25, 0.3) is 0 Å². The van der Waals surface area contributed by atoms with Gasteiger partial charge in [-0.25, -0.2) is 4.98 Å². The zero-order valence-electron chi connectivity index (χ0n) is 12.2. The molecule has 0 spiro atoms. The molecule has 4 nitrogen and oxygen atoms in total. The van der Waals surface area contributed by atoms with Crippen molar-refractivity contribution in [3.8, 4) is 0 Å². The molecule has 0 saturated carbocycles. The maximum atomic E-state index is 5.62. The molecule has 5 heteroatoms. The molecule has 0 amide bonds. The Labute approximate surface area is 124 Å². The lowest BCUT2D eigenvalue weighted by Gasteiger charge is -2.34. The third-order valence-electron chi connectivity index (χ3n) is 3.90. The van der Waals surface area contributed by atoms with Gasteiger partial charge in [0.2, 0.25) is 0 Å². The topological polar surface area (TPSA) is 45.4 Å². The van der Waals surface area contributed by atoms with Crippen LogP contribution in [0.25, 0.3) is 10.2 Å². The van der Waals surface area contributed by atoms with E-state index in [4.69, 9.17) is 10.7 Å². The van der Waals surface area contributed by atoms with Crippen LogP contribution >= 0.6 is 11.3 Å². The van der Waals surface area contributed by atoms with Gasteiger partial charge < -0.3 is 10.6 Å². The van der Waals surface area contributed by atoms with E-state index in [2.05, 4.69) is 35.8 Å². The van der Waals surface area contributed by atoms with E-state index in [0.717, 1.165) is 44.8 Å². The Morgan fingerprint density at radius 1 is 1.20 bits per heavy atom. The van der Waals surface area contributed by atoms with Gasteiger partial charge in [-0.2, -0.15) is 0 Å². The fourth-order valence-corrected chi connectivity index (χ4v) is 3.91. The first-order valence-electron chi connectivity index (χ1n) is 7.22. The molecule has 2 N–H and O–H groups in total. The normalized spacial score (nSPS) is 17.1. The molecule has 0 aliphatic carbocycles. The van der Waals surface area contributed by atoms with Crippen molar-refractivity contribution in [2.75, 3.05) is 44.2 Å². The quantitative estimate of drug-likeness (QED) is 0.939. The first kappa shape index (κ1) is 13.8. The summed E-state index contributed by atoms with van der Waals surface area (Å²) in [6.07, 6.45) is 0. The predicted octanol–water partition coefficient (Wildman–Crippen LogP) is 1.99. The van der Waals surface area contributed by atoms with Gasteiger partial charge in [-0.3, -0.25) is 4.90 Å². The molecule has 1 saturated heterocycles. The van der Waals surface area contributed by atoms with E-state index in [1.165, 1.54) is 21.0 Å². The van der Waals surface area contributed by atoms with Crippen LogP contribution in [-0.2, 0) is 0 Å². The standard InChI is InChI=1S/C15H22N4S/c1-11-9-12(2)14-13(10-11)17-15(20-14)19-7-5-18(4-3-16)6-8-19/h9-10H,3-8,16H2,1-2H3. The molecule has 1 aromatic carbocycles. The number of nitrogens with two attached hydrogens (primary N) is 1. The number of benzene rings is 1. The summed E-state index contributed by atoms with van der Waals surface area (Å²) in [7, 11) is 0. The van der Waals surface area contributed by atoms with Crippen LogP contribution in [0.2, 0.25) is 0 Å². The van der Waals surface area contributed by atoms with Gasteiger partial charge in [0, 0.05) is 39.3 Å². The predicted molar refractivity (Wildman–Crippen MR) is 86.8 cm³/mol. The van der Waals surface area contributed by atoms with Crippen molar-refractivity contribution in [1.82, 2.24) is 9.88 Å². The molecule has 1 aromatic heterocycles. The molecule has 0 atom stereocenters. The SMILES string of the molecule is Cc1cc(C)c2sc(N3CCN(CCN)CC3)nc2c1. The molecular weight excluding hydrogens is 268 g/mol. The Morgan fingerprint density at radius 2 is 1.95 bits per heavy atom. The maximum Gasteiger partial charge on any atom is 0.186 e. The monoisotopic (exact) mass is 290 g/mol.